The average molecular weight is 191 g/mol. The van der Waals surface area contributed by atoms with Gasteiger partial charge in [0.2, 0.25) is 0 Å². The minimum Gasteiger partial charge on any atom is -0.347 e. The van der Waals surface area contributed by atoms with E-state index in [4.69, 9.17) is 0 Å². The van der Waals surface area contributed by atoms with Crippen molar-refractivity contribution in [3.63, 3.8) is 0 Å². The quantitative estimate of drug-likeness (QED) is 0.773. The van der Waals surface area contributed by atoms with E-state index in [-0.39, 0.29) is 6.54 Å². The first-order valence-electron chi connectivity index (χ1n) is 3.27. The van der Waals surface area contributed by atoms with Gasteiger partial charge in [0.25, 0.3) is 5.91 Å². The molecule has 0 aliphatic heterocycles. The van der Waals surface area contributed by atoms with Crippen molar-refractivity contribution in [3.05, 3.63) is 22.4 Å². The Bertz CT molecular complexity index is 248. The van der Waals surface area contributed by atoms with Gasteiger partial charge < -0.3 is 5.32 Å². The standard InChI is InChI=1S/C7H7F2NOS/c8-6(9)7(11)10-3-5-1-2-12-4-5/h1-2,4,6H,3H2,(H,10,11). The van der Waals surface area contributed by atoms with Crippen LogP contribution in [-0.2, 0) is 11.3 Å². The first kappa shape index (κ1) is 9.12. The van der Waals surface area contributed by atoms with Crippen molar-refractivity contribution in [2.45, 2.75) is 13.0 Å². The third-order valence-electron chi connectivity index (χ3n) is 1.25. The molecule has 12 heavy (non-hydrogen) atoms. The third-order valence-corrected chi connectivity index (χ3v) is 1.98. The van der Waals surface area contributed by atoms with Crippen LogP contribution in [0.15, 0.2) is 16.8 Å². The van der Waals surface area contributed by atoms with Crippen molar-refractivity contribution in [2.75, 3.05) is 0 Å². The third kappa shape index (κ3) is 2.58. The molecule has 5 heteroatoms. The van der Waals surface area contributed by atoms with Crippen LogP contribution in [-0.4, -0.2) is 12.3 Å². The summed E-state index contributed by atoms with van der Waals surface area (Å²) in [6, 6.07) is 1.77. The second kappa shape index (κ2) is 4.15. The van der Waals surface area contributed by atoms with Crippen LogP contribution in [0.1, 0.15) is 5.56 Å². The number of carbonyl (C=O) groups excluding carboxylic acids is 1. The van der Waals surface area contributed by atoms with Crippen molar-refractivity contribution < 1.29 is 13.6 Å². The lowest BCUT2D eigenvalue weighted by atomic mass is 10.3. The van der Waals surface area contributed by atoms with E-state index in [1.165, 1.54) is 11.3 Å². The number of hydrogen-bond acceptors (Lipinski definition) is 2. The summed E-state index contributed by atoms with van der Waals surface area (Å²) in [5.41, 5.74) is 0.842. The summed E-state index contributed by atoms with van der Waals surface area (Å²) in [4.78, 5) is 10.4. The molecule has 0 spiro atoms. The monoisotopic (exact) mass is 191 g/mol. The molecule has 0 saturated heterocycles. The molecule has 2 nitrogen and oxygen atoms in total. The molecule has 0 bridgehead atoms. The van der Waals surface area contributed by atoms with E-state index in [2.05, 4.69) is 5.32 Å². The Hall–Kier alpha value is -0.970. The van der Waals surface area contributed by atoms with E-state index in [9.17, 15) is 13.6 Å². The smallest absolute Gasteiger partial charge is 0.315 e. The van der Waals surface area contributed by atoms with Gasteiger partial charge in [-0.2, -0.15) is 20.1 Å². The van der Waals surface area contributed by atoms with Crippen LogP contribution in [0.5, 0.6) is 0 Å². The van der Waals surface area contributed by atoms with Crippen LogP contribution in [0, 0.1) is 0 Å². The Morgan fingerprint density at radius 2 is 2.42 bits per heavy atom. The first-order chi connectivity index (χ1) is 5.70. The molecule has 66 valence electrons. The number of hydrogen-bond donors (Lipinski definition) is 1. The van der Waals surface area contributed by atoms with E-state index < -0.39 is 12.3 Å². The molecule has 1 heterocycles. The fraction of sp³-hybridized carbons (Fsp3) is 0.286. The van der Waals surface area contributed by atoms with Gasteiger partial charge in [-0.25, -0.2) is 0 Å². The molecule has 1 rings (SSSR count). The van der Waals surface area contributed by atoms with E-state index in [0.717, 1.165) is 5.56 Å². The van der Waals surface area contributed by atoms with Crippen molar-refractivity contribution in [1.29, 1.82) is 0 Å². The summed E-state index contributed by atoms with van der Waals surface area (Å²) < 4.78 is 23.3. The zero-order valence-corrected chi connectivity index (χ0v) is 6.91. The summed E-state index contributed by atoms with van der Waals surface area (Å²) in [6.07, 6.45) is -2.93. The number of carbonyl (C=O) groups is 1. The molecule has 0 aliphatic carbocycles. The van der Waals surface area contributed by atoms with Gasteiger partial charge in [0.05, 0.1) is 0 Å². The van der Waals surface area contributed by atoms with Gasteiger partial charge in [-0.3, -0.25) is 4.79 Å². The average Bonchev–Trinajstić information content (AvgIpc) is 2.51. The SMILES string of the molecule is O=C(NCc1ccsc1)C(F)F. The van der Waals surface area contributed by atoms with E-state index >= 15 is 0 Å². The Kier molecular flexibility index (Phi) is 3.16. The molecule has 0 saturated carbocycles. The van der Waals surface area contributed by atoms with Crippen LogP contribution in [0.2, 0.25) is 0 Å². The number of nitrogens with one attached hydrogen (secondary N) is 1. The molecule has 0 fully saturated rings. The number of alkyl halides is 2. The summed E-state index contributed by atoms with van der Waals surface area (Å²) >= 11 is 1.46. The van der Waals surface area contributed by atoms with Crippen molar-refractivity contribution >= 4 is 17.2 Å². The van der Waals surface area contributed by atoms with Crippen LogP contribution in [0.3, 0.4) is 0 Å². The lowest BCUT2D eigenvalue weighted by molar-refractivity contribution is -0.131. The summed E-state index contributed by atoms with van der Waals surface area (Å²) in [6.45, 7) is 0.173. The van der Waals surface area contributed by atoms with Crippen LogP contribution >= 0.6 is 11.3 Å². The fourth-order valence-corrected chi connectivity index (χ4v) is 1.33. The van der Waals surface area contributed by atoms with Gasteiger partial charge in [-0.1, -0.05) is 0 Å². The Labute approximate surface area is 72.2 Å². The Morgan fingerprint density at radius 1 is 1.67 bits per heavy atom. The second-order valence-corrected chi connectivity index (χ2v) is 2.93. The molecule has 1 aromatic heterocycles. The highest BCUT2D eigenvalue weighted by molar-refractivity contribution is 7.07. The van der Waals surface area contributed by atoms with E-state index in [1.54, 1.807) is 11.4 Å². The molecule has 0 aliphatic rings. The van der Waals surface area contributed by atoms with Crippen LogP contribution in [0.25, 0.3) is 0 Å². The van der Waals surface area contributed by atoms with Crippen LogP contribution < -0.4 is 5.32 Å². The number of rotatable bonds is 3. The van der Waals surface area contributed by atoms with Crippen LogP contribution in [0.4, 0.5) is 8.78 Å². The molecular weight excluding hydrogens is 184 g/mol. The van der Waals surface area contributed by atoms with E-state index in [0.29, 0.717) is 0 Å². The lowest BCUT2D eigenvalue weighted by Crippen LogP contribution is -2.28. The molecule has 0 aromatic carbocycles. The molecule has 0 atom stereocenters. The Balaban J connectivity index is 2.32. The minimum absolute atomic E-state index is 0.173. The van der Waals surface area contributed by atoms with Gasteiger partial charge in [-0.15, -0.1) is 0 Å². The predicted molar refractivity (Wildman–Crippen MR) is 42.2 cm³/mol. The summed E-state index contributed by atoms with van der Waals surface area (Å²) in [7, 11) is 0. The number of thiophene rings is 1. The van der Waals surface area contributed by atoms with Gasteiger partial charge in [0.1, 0.15) is 0 Å². The van der Waals surface area contributed by atoms with E-state index in [1.807, 2.05) is 5.38 Å². The van der Waals surface area contributed by atoms with Gasteiger partial charge in [0, 0.05) is 6.54 Å². The maximum absolute atomic E-state index is 11.6. The Morgan fingerprint density at radius 3 is 2.92 bits per heavy atom. The van der Waals surface area contributed by atoms with Gasteiger partial charge >= 0.3 is 6.43 Å². The zero-order valence-electron chi connectivity index (χ0n) is 6.09. The molecule has 1 amide bonds. The summed E-state index contributed by atoms with van der Waals surface area (Å²) in [5.74, 6) is -1.22. The second-order valence-electron chi connectivity index (χ2n) is 2.15. The highest BCUT2D eigenvalue weighted by Gasteiger charge is 2.13. The van der Waals surface area contributed by atoms with Gasteiger partial charge in [0.15, 0.2) is 0 Å². The molecule has 1 N–H and O–H groups in total. The highest BCUT2D eigenvalue weighted by atomic mass is 32.1. The maximum atomic E-state index is 11.6. The first-order valence-corrected chi connectivity index (χ1v) is 4.21. The molecule has 0 unspecified atom stereocenters. The number of amides is 1. The minimum atomic E-state index is -2.93. The van der Waals surface area contributed by atoms with Crippen molar-refractivity contribution in [2.24, 2.45) is 0 Å². The highest BCUT2D eigenvalue weighted by Crippen LogP contribution is 2.05. The lowest BCUT2D eigenvalue weighted by Gasteiger charge is -2.00. The maximum Gasteiger partial charge on any atom is 0.315 e. The number of halogens is 2. The normalized spacial score (nSPS) is 10.2. The predicted octanol–water partition coefficient (Wildman–Crippen LogP) is 1.63. The summed E-state index contributed by atoms with van der Waals surface area (Å²) in [5, 5.41) is 5.72. The van der Waals surface area contributed by atoms with Crippen molar-refractivity contribution in [1.82, 2.24) is 5.32 Å². The topological polar surface area (TPSA) is 29.1 Å². The van der Waals surface area contributed by atoms with Crippen molar-refractivity contribution in [3.8, 4) is 0 Å². The fourth-order valence-electron chi connectivity index (χ4n) is 0.660. The molecule has 1 aromatic rings. The van der Waals surface area contributed by atoms with Gasteiger partial charge in [-0.05, 0) is 22.4 Å². The molecule has 0 radical (unpaired) electrons. The zero-order chi connectivity index (χ0) is 8.97. The molecular formula is C7H7F2NOS. The largest absolute Gasteiger partial charge is 0.347 e.